The lowest BCUT2D eigenvalue weighted by molar-refractivity contribution is 0.256. The van der Waals surface area contributed by atoms with Gasteiger partial charge in [-0.15, -0.1) is 0 Å². The lowest BCUT2D eigenvalue weighted by Gasteiger charge is -2.20. The Balaban J connectivity index is 0.00000195. The zero-order chi connectivity index (χ0) is 28.0. The average molecular weight is 541 g/mol. The molecule has 0 radical (unpaired) electrons. The molecule has 4 rings (SSSR count). The normalized spacial score (nSPS) is 14.9. The Morgan fingerprint density at radius 1 is 1.18 bits per heavy atom. The van der Waals surface area contributed by atoms with Crippen LogP contribution >= 0.6 is 11.8 Å². The number of nitrogens with zero attached hydrogens (tertiary/aromatic N) is 4. The molecule has 0 bridgehead atoms. The Kier molecular flexibility index (Phi) is 10.3. The molecular formula is C29H44N6O2S. The van der Waals surface area contributed by atoms with Crippen LogP contribution in [0.2, 0.25) is 0 Å². The van der Waals surface area contributed by atoms with E-state index in [0.717, 1.165) is 48.0 Å². The Bertz CT molecular complexity index is 1230. The lowest BCUT2D eigenvalue weighted by atomic mass is 9.86. The molecule has 0 spiro atoms. The molecule has 0 aliphatic carbocycles. The molecule has 1 unspecified atom stereocenters. The highest BCUT2D eigenvalue weighted by Gasteiger charge is 2.29. The number of fused-ring (bicyclic) bond motifs is 1. The molecule has 8 nitrogen and oxygen atoms in total. The largest absolute Gasteiger partial charge is 0.503 e. The predicted octanol–water partition coefficient (Wildman–Crippen LogP) is 7.95. The van der Waals surface area contributed by atoms with Crippen LogP contribution in [0.4, 0.5) is 23.1 Å². The highest BCUT2D eigenvalue weighted by molar-refractivity contribution is 8.00. The number of benzene rings is 1. The van der Waals surface area contributed by atoms with E-state index in [4.69, 9.17) is 4.74 Å². The molecule has 0 amide bonds. The van der Waals surface area contributed by atoms with Crippen molar-refractivity contribution in [3.05, 3.63) is 35.2 Å². The van der Waals surface area contributed by atoms with Crippen molar-refractivity contribution in [3.8, 4) is 11.5 Å². The van der Waals surface area contributed by atoms with Crippen LogP contribution in [0.15, 0.2) is 23.5 Å². The van der Waals surface area contributed by atoms with E-state index in [2.05, 4.69) is 73.3 Å². The van der Waals surface area contributed by atoms with Gasteiger partial charge in [0.25, 0.3) is 0 Å². The van der Waals surface area contributed by atoms with Crippen molar-refractivity contribution in [2.45, 2.75) is 110 Å². The van der Waals surface area contributed by atoms with Crippen LogP contribution in [0.1, 0.15) is 90.8 Å². The monoisotopic (exact) mass is 540 g/mol. The third-order valence-electron chi connectivity index (χ3n) is 6.32. The second-order valence-electron chi connectivity index (χ2n) is 9.83. The average Bonchev–Trinajstić information content (AvgIpc) is 3.44. The summed E-state index contributed by atoms with van der Waals surface area (Å²) < 4.78 is 8.13. The molecule has 3 aromatic rings. The van der Waals surface area contributed by atoms with Crippen LogP contribution in [-0.4, -0.2) is 36.2 Å². The van der Waals surface area contributed by atoms with Gasteiger partial charge in [-0.25, -0.2) is 4.98 Å². The number of aromatic hydroxyl groups is 1. The number of rotatable bonds is 10. The maximum Gasteiger partial charge on any atom is 0.229 e. The van der Waals surface area contributed by atoms with Gasteiger partial charge in [-0.1, -0.05) is 59.7 Å². The maximum absolute atomic E-state index is 10.5. The topological polar surface area (TPSA) is 97.1 Å². The van der Waals surface area contributed by atoms with E-state index < -0.39 is 0 Å². The summed E-state index contributed by atoms with van der Waals surface area (Å²) in [6.07, 6.45) is 6.66. The van der Waals surface area contributed by atoms with Crippen LogP contribution < -0.4 is 15.4 Å². The highest BCUT2D eigenvalue weighted by Crippen LogP contribution is 2.44. The zero-order valence-corrected chi connectivity index (χ0v) is 25.2. The third kappa shape index (κ3) is 6.73. The van der Waals surface area contributed by atoms with Crippen molar-refractivity contribution in [3.63, 3.8) is 0 Å². The van der Waals surface area contributed by atoms with Gasteiger partial charge in [0.05, 0.1) is 17.6 Å². The lowest BCUT2D eigenvalue weighted by Crippen LogP contribution is -2.06. The van der Waals surface area contributed by atoms with Gasteiger partial charge < -0.3 is 20.5 Å². The van der Waals surface area contributed by atoms with Gasteiger partial charge in [-0.3, -0.25) is 4.68 Å². The van der Waals surface area contributed by atoms with Crippen molar-refractivity contribution in [2.75, 3.05) is 10.6 Å². The van der Waals surface area contributed by atoms with Gasteiger partial charge in [0.2, 0.25) is 5.95 Å². The summed E-state index contributed by atoms with van der Waals surface area (Å²) >= 11 is 1.66. The molecule has 0 saturated carbocycles. The number of aryl methyl sites for hydroxylation is 2. The molecule has 3 heterocycles. The maximum atomic E-state index is 10.5. The van der Waals surface area contributed by atoms with Gasteiger partial charge in [-0.05, 0) is 50.3 Å². The second-order valence-corrected chi connectivity index (χ2v) is 11.4. The van der Waals surface area contributed by atoms with E-state index in [1.54, 1.807) is 11.8 Å². The first kappa shape index (κ1) is 29.6. The van der Waals surface area contributed by atoms with Gasteiger partial charge in [0, 0.05) is 30.0 Å². The Labute approximate surface area is 232 Å². The summed E-state index contributed by atoms with van der Waals surface area (Å²) in [4.78, 5) is 8.93. The summed E-state index contributed by atoms with van der Waals surface area (Å²) in [7, 11) is 0. The number of aromatic nitrogens is 4. The standard InChI is InChI=1S/C27H38N6O2S.C2H6/c1-8-10-16(5)23-17(6)11-20(24-19(23)12-18(7)35-24)30-27-28-13-22(34)25(31-27)29-21-14-33(9-2)32-26(21)36-15(3)4;1-2/h11,13-16,18,34H,8-10,12H2,1-7H3,(H2,28,29,30,31);1-2H3/t16?,18-;/m1./s1. The Morgan fingerprint density at radius 2 is 1.92 bits per heavy atom. The van der Waals surface area contributed by atoms with Crippen molar-refractivity contribution in [2.24, 2.45) is 0 Å². The molecule has 1 aromatic carbocycles. The van der Waals surface area contributed by atoms with E-state index in [1.165, 1.54) is 22.9 Å². The molecule has 3 N–H and O–H groups in total. The summed E-state index contributed by atoms with van der Waals surface area (Å²) in [6.45, 7) is 19.9. The third-order valence-corrected chi connectivity index (χ3v) is 7.32. The van der Waals surface area contributed by atoms with Crippen LogP contribution in [0.5, 0.6) is 11.5 Å². The van der Waals surface area contributed by atoms with E-state index in [9.17, 15) is 5.11 Å². The number of thioether (sulfide) groups is 1. The Hall–Kier alpha value is -2.94. The van der Waals surface area contributed by atoms with Crippen molar-refractivity contribution >= 4 is 34.9 Å². The summed E-state index contributed by atoms with van der Waals surface area (Å²) in [5, 5.41) is 23.0. The van der Waals surface area contributed by atoms with Gasteiger partial charge in [0.15, 0.2) is 11.6 Å². The first-order valence-electron chi connectivity index (χ1n) is 13.9. The van der Waals surface area contributed by atoms with E-state index in [-0.39, 0.29) is 11.9 Å². The van der Waals surface area contributed by atoms with Gasteiger partial charge in [-0.2, -0.15) is 10.1 Å². The molecule has 1 aliphatic rings. The molecule has 2 aromatic heterocycles. The smallest absolute Gasteiger partial charge is 0.229 e. The zero-order valence-electron chi connectivity index (χ0n) is 24.3. The quantitative estimate of drug-likeness (QED) is 0.223. The van der Waals surface area contributed by atoms with Crippen molar-refractivity contribution < 1.29 is 9.84 Å². The summed E-state index contributed by atoms with van der Waals surface area (Å²) in [6, 6.07) is 2.13. The summed E-state index contributed by atoms with van der Waals surface area (Å²) in [5.41, 5.74) is 5.59. The van der Waals surface area contributed by atoms with Crippen LogP contribution in [-0.2, 0) is 13.0 Å². The molecule has 0 fully saturated rings. The van der Waals surface area contributed by atoms with Crippen LogP contribution in [0.3, 0.4) is 0 Å². The molecule has 9 heteroatoms. The molecule has 2 atom stereocenters. The fourth-order valence-electron chi connectivity index (χ4n) is 4.84. The van der Waals surface area contributed by atoms with Crippen LogP contribution in [0, 0.1) is 6.92 Å². The molecule has 1 aliphatic heterocycles. The highest BCUT2D eigenvalue weighted by atomic mass is 32.2. The predicted molar refractivity (Wildman–Crippen MR) is 159 cm³/mol. The van der Waals surface area contributed by atoms with E-state index >= 15 is 0 Å². The van der Waals surface area contributed by atoms with Crippen molar-refractivity contribution in [1.82, 2.24) is 19.7 Å². The first-order valence-corrected chi connectivity index (χ1v) is 14.7. The number of hydrogen-bond acceptors (Lipinski definition) is 8. The van der Waals surface area contributed by atoms with Gasteiger partial charge in [0.1, 0.15) is 16.9 Å². The SMILES string of the molecule is CC.CCCC(C)c1c(C)cc(Nc2ncc(O)c(Nc3cn(CC)nc3SC(C)C)n2)c2c1C[C@@H](C)O2. The van der Waals surface area contributed by atoms with Crippen LogP contribution in [0.25, 0.3) is 0 Å². The second kappa shape index (κ2) is 13.2. The van der Waals surface area contributed by atoms with Crippen molar-refractivity contribution in [1.29, 1.82) is 0 Å². The number of ether oxygens (including phenoxy) is 1. The molecule has 0 saturated heterocycles. The Morgan fingerprint density at radius 3 is 2.58 bits per heavy atom. The number of anilines is 4. The summed E-state index contributed by atoms with van der Waals surface area (Å²) in [5.74, 6) is 2.05. The molecule has 38 heavy (non-hydrogen) atoms. The minimum atomic E-state index is -0.0275. The number of nitrogens with one attached hydrogen (secondary N) is 2. The fourth-order valence-corrected chi connectivity index (χ4v) is 5.67. The minimum absolute atomic E-state index is 0.0275. The first-order chi connectivity index (χ1) is 18.2. The van der Waals surface area contributed by atoms with E-state index in [0.29, 0.717) is 22.9 Å². The fraction of sp³-hybridized carbons (Fsp3) is 0.552. The van der Waals surface area contributed by atoms with E-state index in [1.807, 2.05) is 31.6 Å². The molecular weight excluding hydrogens is 496 g/mol. The van der Waals surface area contributed by atoms with Gasteiger partial charge >= 0.3 is 0 Å². The molecule has 208 valence electrons. The minimum Gasteiger partial charge on any atom is -0.503 e. The number of hydrogen-bond donors (Lipinski definition) is 3.